The highest BCUT2D eigenvalue weighted by Gasteiger charge is 2.24. The summed E-state index contributed by atoms with van der Waals surface area (Å²) in [5.41, 5.74) is 1.60. The quantitative estimate of drug-likeness (QED) is 0.771. The van der Waals surface area contributed by atoms with Crippen LogP contribution in [0.5, 0.6) is 0 Å². The van der Waals surface area contributed by atoms with Crippen molar-refractivity contribution < 1.29 is 19.1 Å². The van der Waals surface area contributed by atoms with Gasteiger partial charge in [0.25, 0.3) is 11.8 Å². The van der Waals surface area contributed by atoms with Gasteiger partial charge in [-0.2, -0.15) is 0 Å². The Bertz CT molecular complexity index is 642. The van der Waals surface area contributed by atoms with Crippen molar-refractivity contribution in [3.63, 3.8) is 0 Å². The van der Waals surface area contributed by atoms with E-state index in [0.717, 1.165) is 18.4 Å². The zero-order valence-corrected chi connectivity index (χ0v) is 15.2. The third-order valence-electron chi connectivity index (χ3n) is 4.00. The van der Waals surface area contributed by atoms with Crippen molar-refractivity contribution in [2.75, 3.05) is 6.61 Å². The third kappa shape index (κ3) is 5.89. The molecule has 0 aliphatic heterocycles. The Labute approximate surface area is 148 Å². The first kappa shape index (κ1) is 19.0. The fourth-order valence-electron chi connectivity index (χ4n) is 2.22. The van der Waals surface area contributed by atoms with Gasteiger partial charge in [0.15, 0.2) is 6.61 Å². The fourth-order valence-corrected chi connectivity index (χ4v) is 2.22. The molecule has 0 bridgehead atoms. The van der Waals surface area contributed by atoms with Gasteiger partial charge in [-0.15, -0.1) is 0 Å². The Kier molecular flexibility index (Phi) is 5.82. The number of amides is 2. The number of esters is 1. The minimum Gasteiger partial charge on any atom is -0.454 e. The van der Waals surface area contributed by atoms with Crippen molar-refractivity contribution in [2.24, 2.45) is 0 Å². The average molecular weight is 346 g/mol. The Hall–Kier alpha value is -2.37. The van der Waals surface area contributed by atoms with E-state index in [0.29, 0.717) is 5.56 Å². The van der Waals surface area contributed by atoms with Crippen molar-refractivity contribution in [2.45, 2.75) is 58.0 Å². The number of hydrogen-bond donors (Lipinski definition) is 2. The van der Waals surface area contributed by atoms with Gasteiger partial charge < -0.3 is 15.4 Å². The molecule has 6 nitrogen and oxygen atoms in total. The molecule has 0 aromatic heterocycles. The van der Waals surface area contributed by atoms with Gasteiger partial charge in [-0.05, 0) is 42.9 Å². The molecule has 2 amide bonds. The van der Waals surface area contributed by atoms with Gasteiger partial charge in [0.2, 0.25) is 0 Å². The maximum atomic E-state index is 12.2. The minimum absolute atomic E-state index is 0.00709. The lowest BCUT2D eigenvalue weighted by Gasteiger charge is -2.19. The van der Waals surface area contributed by atoms with Gasteiger partial charge in [-0.3, -0.25) is 9.59 Å². The summed E-state index contributed by atoms with van der Waals surface area (Å²) in [5, 5.41) is 5.31. The highest BCUT2D eigenvalue weighted by atomic mass is 16.5. The first-order chi connectivity index (χ1) is 11.7. The van der Waals surface area contributed by atoms with E-state index in [1.165, 1.54) is 6.92 Å². The molecule has 1 atom stereocenters. The van der Waals surface area contributed by atoms with Crippen molar-refractivity contribution in [1.82, 2.24) is 10.6 Å². The molecule has 6 heteroatoms. The molecule has 2 N–H and O–H groups in total. The third-order valence-corrected chi connectivity index (χ3v) is 4.00. The van der Waals surface area contributed by atoms with Crippen LogP contribution in [0, 0.1) is 0 Å². The van der Waals surface area contributed by atoms with E-state index in [1.54, 1.807) is 12.1 Å². The second-order valence-corrected chi connectivity index (χ2v) is 7.47. The summed E-state index contributed by atoms with van der Waals surface area (Å²) in [6, 6.07) is 6.66. The van der Waals surface area contributed by atoms with E-state index in [2.05, 4.69) is 31.4 Å². The van der Waals surface area contributed by atoms with Crippen molar-refractivity contribution in [3.05, 3.63) is 35.4 Å². The molecule has 2 rings (SSSR count). The molecule has 0 unspecified atom stereocenters. The Morgan fingerprint density at radius 3 is 2.28 bits per heavy atom. The minimum atomic E-state index is -0.830. The summed E-state index contributed by atoms with van der Waals surface area (Å²) >= 11 is 0. The SMILES string of the molecule is C[C@H](NC(=O)c1ccc(C(C)(C)C)cc1)C(=O)OCC(=O)NC1CC1. The molecule has 25 heavy (non-hydrogen) atoms. The van der Waals surface area contributed by atoms with Crippen LogP contribution in [0.1, 0.15) is 56.5 Å². The van der Waals surface area contributed by atoms with Crippen LogP contribution < -0.4 is 10.6 Å². The zero-order valence-electron chi connectivity index (χ0n) is 15.2. The van der Waals surface area contributed by atoms with Crippen LogP contribution in [0.25, 0.3) is 0 Å². The molecule has 1 aromatic carbocycles. The number of carbonyl (C=O) groups excluding carboxylic acids is 3. The number of carbonyl (C=O) groups is 3. The average Bonchev–Trinajstić information content (AvgIpc) is 3.35. The predicted octanol–water partition coefficient (Wildman–Crippen LogP) is 1.92. The molecule has 1 saturated carbocycles. The molecule has 0 saturated heterocycles. The molecule has 1 aliphatic rings. The summed E-state index contributed by atoms with van der Waals surface area (Å²) in [6.07, 6.45) is 1.94. The van der Waals surface area contributed by atoms with Crippen LogP contribution >= 0.6 is 0 Å². The molecule has 1 fully saturated rings. The highest BCUT2D eigenvalue weighted by Crippen LogP contribution is 2.22. The van der Waals surface area contributed by atoms with E-state index >= 15 is 0 Å². The highest BCUT2D eigenvalue weighted by molar-refractivity contribution is 5.96. The molecule has 1 aromatic rings. The number of nitrogens with one attached hydrogen (secondary N) is 2. The second kappa shape index (κ2) is 7.68. The molecule has 0 heterocycles. The van der Waals surface area contributed by atoms with E-state index in [4.69, 9.17) is 4.74 Å². The van der Waals surface area contributed by atoms with Crippen LogP contribution in [0.4, 0.5) is 0 Å². The number of hydrogen-bond acceptors (Lipinski definition) is 4. The maximum Gasteiger partial charge on any atom is 0.328 e. The van der Waals surface area contributed by atoms with E-state index in [9.17, 15) is 14.4 Å². The van der Waals surface area contributed by atoms with Crippen LogP contribution in [0.15, 0.2) is 24.3 Å². The summed E-state index contributed by atoms with van der Waals surface area (Å²) in [4.78, 5) is 35.6. The normalized spacial score (nSPS) is 15.2. The largest absolute Gasteiger partial charge is 0.454 e. The standard InChI is InChI=1S/C19H26N2O4/c1-12(18(24)25-11-16(22)21-15-9-10-15)20-17(23)13-5-7-14(8-6-13)19(2,3)4/h5-8,12,15H,9-11H2,1-4H3,(H,20,23)(H,21,22)/t12-/m0/s1. The van der Waals surface area contributed by atoms with Gasteiger partial charge in [0.1, 0.15) is 6.04 Å². The number of benzene rings is 1. The summed E-state index contributed by atoms with van der Waals surface area (Å²) in [6.45, 7) is 7.50. The van der Waals surface area contributed by atoms with Gasteiger partial charge in [0, 0.05) is 11.6 Å². The number of rotatable bonds is 6. The lowest BCUT2D eigenvalue weighted by Crippen LogP contribution is -2.41. The second-order valence-electron chi connectivity index (χ2n) is 7.47. The monoisotopic (exact) mass is 346 g/mol. The van der Waals surface area contributed by atoms with Crippen molar-refractivity contribution >= 4 is 17.8 Å². The smallest absolute Gasteiger partial charge is 0.328 e. The van der Waals surface area contributed by atoms with E-state index < -0.39 is 12.0 Å². The number of ether oxygens (including phenoxy) is 1. The molecule has 1 aliphatic carbocycles. The summed E-state index contributed by atoms with van der Waals surface area (Å²) in [7, 11) is 0. The van der Waals surface area contributed by atoms with Crippen LogP contribution in [0.3, 0.4) is 0 Å². The first-order valence-electron chi connectivity index (χ1n) is 8.54. The molecule has 136 valence electrons. The predicted molar refractivity (Wildman–Crippen MR) is 94.2 cm³/mol. The molecule has 0 spiro atoms. The Balaban J connectivity index is 1.81. The van der Waals surface area contributed by atoms with Gasteiger partial charge in [0.05, 0.1) is 0 Å². The molecular weight excluding hydrogens is 320 g/mol. The Morgan fingerprint density at radius 2 is 1.76 bits per heavy atom. The topological polar surface area (TPSA) is 84.5 Å². The zero-order chi connectivity index (χ0) is 18.6. The van der Waals surface area contributed by atoms with Gasteiger partial charge >= 0.3 is 5.97 Å². The van der Waals surface area contributed by atoms with Gasteiger partial charge in [-0.25, -0.2) is 4.79 Å². The van der Waals surface area contributed by atoms with Crippen LogP contribution in [-0.2, 0) is 19.7 Å². The summed E-state index contributed by atoms with van der Waals surface area (Å²) in [5.74, 6) is -1.30. The van der Waals surface area contributed by atoms with Crippen molar-refractivity contribution in [1.29, 1.82) is 0 Å². The van der Waals surface area contributed by atoms with E-state index in [1.807, 2.05) is 12.1 Å². The Morgan fingerprint density at radius 1 is 1.16 bits per heavy atom. The van der Waals surface area contributed by atoms with Crippen molar-refractivity contribution in [3.8, 4) is 0 Å². The van der Waals surface area contributed by atoms with Crippen LogP contribution in [-0.4, -0.2) is 36.5 Å². The van der Waals surface area contributed by atoms with E-state index in [-0.39, 0.29) is 29.9 Å². The molecule has 0 radical (unpaired) electrons. The first-order valence-corrected chi connectivity index (χ1v) is 8.54. The maximum absolute atomic E-state index is 12.2. The molecular formula is C19H26N2O4. The van der Waals surface area contributed by atoms with Crippen LogP contribution in [0.2, 0.25) is 0 Å². The lowest BCUT2D eigenvalue weighted by molar-refractivity contribution is -0.150. The summed E-state index contributed by atoms with van der Waals surface area (Å²) < 4.78 is 4.93. The van der Waals surface area contributed by atoms with Gasteiger partial charge in [-0.1, -0.05) is 32.9 Å². The lowest BCUT2D eigenvalue weighted by atomic mass is 9.86. The fraction of sp³-hybridized carbons (Fsp3) is 0.526.